The van der Waals surface area contributed by atoms with Crippen LogP contribution in [0.1, 0.15) is 49.7 Å². The van der Waals surface area contributed by atoms with Crippen LogP contribution in [0.2, 0.25) is 5.15 Å². The van der Waals surface area contributed by atoms with Gasteiger partial charge in [-0.2, -0.15) is 5.26 Å². The van der Waals surface area contributed by atoms with E-state index in [0.29, 0.717) is 29.9 Å². The van der Waals surface area contributed by atoms with Crippen LogP contribution in [0.3, 0.4) is 0 Å². The molecule has 162 valence electrons. The van der Waals surface area contributed by atoms with Crippen molar-refractivity contribution in [2.24, 2.45) is 7.05 Å². The van der Waals surface area contributed by atoms with E-state index in [-0.39, 0.29) is 34.3 Å². The summed E-state index contributed by atoms with van der Waals surface area (Å²) in [6.45, 7) is 5.46. The Kier molecular flexibility index (Phi) is 6.20. The number of aromatic nitrogens is 3. The number of carbonyl (C=O) groups excluding carboxylic acids is 1. The minimum atomic E-state index is -0.908. The second-order valence-corrected chi connectivity index (χ2v) is 8.35. The zero-order valence-electron chi connectivity index (χ0n) is 17.9. The van der Waals surface area contributed by atoms with Gasteiger partial charge < -0.3 is 10.4 Å². The van der Waals surface area contributed by atoms with Crippen LogP contribution in [0.4, 0.5) is 11.4 Å². The molecule has 0 aliphatic heterocycles. The summed E-state index contributed by atoms with van der Waals surface area (Å²) in [6, 6.07) is 8.88. The highest BCUT2D eigenvalue weighted by Crippen LogP contribution is 2.28. The van der Waals surface area contributed by atoms with Gasteiger partial charge in [0.15, 0.2) is 5.78 Å². The molecule has 0 amide bonds. The lowest BCUT2D eigenvalue weighted by Gasteiger charge is -2.17. The lowest BCUT2D eigenvalue weighted by atomic mass is 10.1. The topological polar surface area (TPSA) is 113 Å². The molecule has 0 saturated carbocycles. The fraction of sp³-hybridized carbons (Fsp3) is 0.364. The summed E-state index contributed by atoms with van der Waals surface area (Å²) < 4.78 is 3.15. The maximum absolute atomic E-state index is 12.7. The summed E-state index contributed by atoms with van der Waals surface area (Å²) in [5.74, 6) is -0.187. The average molecular weight is 442 g/mol. The number of pyridine rings is 1. The van der Waals surface area contributed by atoms with Crippen LogP contribution in [0.5, 0.6) is 0 Å². The third-order valence-electron chi connectivity index (χ3n) is 5.07. The lowest BCUT2D eigenvalue weighted by molar-refractivity contribution is 0.0662. The number of nitrogens with zero attached hydrogens (tertiary/aromatic N) is 4. The minimum absolute atomic E-state index is 0.0489. The van der Waals surface area contributed by atoms with E-state index in [0.717, 1.165) is 5.52 Å². The van der Waals surface area contributed by atoms with Gasteiger partial charge in [0.1, 0.15) is 22.5 Å². The van der Waals surface area contributed by atoms with Gasteiger partial charge in [0, 0.05) is 25.7 Å². The summed E-state index contributed by atoms with van der Waals surface area (Å²) in [4.78, 5) is 28.8. The first kappa shape index (κ1) is 22.5. The minimum Gasteiger partial charge on any atom is -0.390 e. The largest absolute Gasteiger partial charge is 0.390 e. The normalized spacial score (nSPS) is 11.5. The molecule has 0 atom stereocenters. The molecule has 0 saturated heterocycles. The van der Waals surface area contributed by atoms with Crippen molar-refractivity contribution >= 4 is 39.8 Å². The van der Waals surface area contributed by atoms with Gasteiger partial charge >= 0.3 is 5.69 Å². The number of carbonyl (C=O) groups is 1. The van der Waals surface area contributed by atoms with E-state index in [4.69, 9.17) is 11.6 Å². The van der Waals surface area contributed by atoms with E-state index >= 15 is 0 Å². The molecular weight excluding hydrogens is 418 g/mol. The van der Waals surface area contributed by atoms with Crippen LogP contribution in [0.25, 0.3) is 11.0 Å². The van der Waals surface area contributed by atoms with Crippen LogP contribution in [0.15, 0.2) is 29.1 Å². The van der Waals surface area contributed by atoms with Crippen molar-refractivity contribution in [3.05, 3.63) is 51.2 Å². The highest BCUT2D eigenvalue weighted by Gasteiger charge is 2.18. The van der Waals surface area contributed by atoms with Crippen molar-refractivity contribution in [3.8, 4) is 6.07 Å². The number of nitriles is 1. The Labute approximate surface area is 184 Å². The maximum atomic E-state index is 12.7. The molecule has 0 fully saturated rings. The summed E-state index contributed by atoms with van der Waals surface area (Å²) in [5.41, 5.74) is 1.61. The first-order valence-corrected chi connectivity index (χ1v) is 10.3. The molecule has 0 unspecified atom stereocenters. The second-order valence-electron chi connectivity index (χ2n) is 7.99. The molecule has 1 aromatic carbocycles. The van der Waals surface area contributed by atoms with E-state index in [1.165, 1.54) is 6.07 Å². The molecule has 9 heteroatoms. The number of ketones is 1. The molecule has 0 bridgehead atoms. The number of rotatable bonds is 7. The summed E-state index contributed by atoms with van der Waals surface area (Å²) in [6.07, 6.45) is 0.669. The van der Waals surface area contributed by atoms with Gasteiger partial charge in [0.25, 0.3) is 0 Å². The van der Waals surface area contributed by atoms with Gasteiger partial charge in [-0.25, -0.2) is 9.78 Å². The van der Waals surface area contributed by atoms with Crippen LogP contribution < -0.4 is 11.0 Å². The molecule has 2 aromatic heterocycles. The zero-order valence-corrected chi connectivity index (χ0v) is 18.6. The smallest absolute Gasteiger partial charge is 0.328 e. The number of aliphatic hydroxyl groups is 1. The Morgan fingerprint density at radius 3 is 2.65 bits per heavy atom. The Bertz CT molecular complexity index is 1260. The van der Waals surface area contributed by atoms with Gasteiger partial charge in [-0.3, -0.25) is 13.9 Å². The predicted octanol–water partition coefficient (Wildman–Crippen LogP) is 3.76. The van der Waals surface area contributed by atoms with Crippen molar-refractivity contribution in [2.75, 3.05) is 5.32 Å². The monoisotopic (exact) mass is 441 g/mol. The van der Waals surface area contributed by atoms with Gasteiger partial charge in [0.05, 0.1) is 22.3 Å². The molecule has 31 heavy (non-hydrogen) atoms. The van der Waals surface area contributed by atoms with Crippen LogP contribution in [-0.2, 0) is 13.6 Å². The molecular formula is C22H24ClN5O3. The first-order valence-electron chi connectivity index (χ1n) is 9.88. The SMILES string of the molecule is CCC(=O)c1cc(Nc2ccc3c(c2)n(CCC(C)(C)O)c(=O)n3C)c(C#N)c(Cl)n1. The Balaban J connectivity index is 2.07. The van der Waals surface area contributed by atoms with Gasteiger partial charge in [-0.15, -0.1) is 0 Å². The number of nitrogens with one attached hydrogen (secondary N) is 1. The van der Waals surface area contributed by atoms with Crippen molar-refractivity contribution < 1.29 is 9.90 Å². The number of anilines is 2. The van der Waals surface area contributed by atoms with Crippen LogP contribution in [-0.4, -0.2) is 30.6 Å². The quantitative estimate of drug-likeness (QED) is 0.426. The standard InChI is InChI=1S/C22H24ClN5O3/c1-5-19(29)16-11-15(14(12-24)20(23)26-16)25-13-6-7-17-18(10-13)28(21(30)27(17)4)9-8-22(2,3)31/h6-7,10-11,31H,5,8-9H2,1-4H3,(H,25,26). The van der Waals surface area contributed by atoms with Gasteiger partial charge in [-0.1, -0.05) is 18.5 Å². The van der Waals surface area contributed by atoms with Crippen molar-refractivity contribution in [1.82, 2.24) is 14.1 Å². The highest BCUT2D eigenvalue weighted by atomic mass is 35.5. The molecule has 0 spiro atoms. The Hall–Kier alpha value is -3.15. The number of aryl methyl sites for hydroxylation is 2. The number of imidazole rings is 1. The van der Waals surface area contributed by atoms with Crippen molar-refractivity contribution in [1.29, 1.82) is 5.26 Å². The van der Waals surface area contributed by atoms with Crippen LogP contribution >= 0.6 is 11.6 Å². The average Bonchev–Trinajstić information content (AvgIpc) is 2.94. The molecule has 2 heterocycles. The fourth-order valence-electron chi connectivity index (χ4n) is 3.29. The number of halogens is 1. The summed E-state index contributed by atoms with van der Waals surface area (Å²) in [5, 5.41) is 22.6. The van der Waals surface area contributed by atoms with Gasteiger partial charge in [-0.05, 0) is 44.5 Å². The molecule has 0 radical (unpaired) electrons. The molecule has 3 aromatic rings. The van der Waals surface area contributed by atoms with Crippen molar-refractivity contribution in [2.45, 2.75) is 45.8 Å². The number of hydrogen-bond acceptors (Lipinski definition) is 6. The molecule has 0 aliphatic carbocycles. The van der Waals surface area contributed by atoms with Crippen LogP contribution in [0, 0.1) is 11.3 Å². The molecule has 2 N–H and O–H groups in total. The lowest BCUT2D eigenvalue weighted by Crippen LogP contribution is -2.27. The van der Waals surface area contributed by atoms with E-state index in [1.54, 1.807) is 55.2 Å². The number of Topliss-reactive ketones (excluding diaryl/α,β-unsaturated/α-hetero) is 1. The molecule has 3 rings (SSSR count). The maximum Gasteiger partial charge on any atom is 0.328 e. The molecule has 8 nitrogen and oxygen atoms in total. The van der Waals surface area contributed by atoms with E-state index in [2.05, 4.69) is 10.3 Å². The highest BCUT2D eigenvalue weighted by molar-refractivity contribution is 6.31. The van der Waals surface area contributed by atoms with E-state index in [9.17, 15) is 20.0 Å². The van der Waals surface area contributed by atoms with E-state index < -0.39 is 5.60 Å². The number of fused-ring (bicyclic) bond motifs is 1. The number of benzene rings is 1. The van der Waals surface area contributed by atoms with E-state index in [1.807, 2.05) is 6.07 Å². The van der Waals surface area contributed by atoms with Crippen molar-refractivity contribution in [3.63, 3.8) is 0 Å². The summed E-state index contributed by atoms with van der Waals surface area (Å²) >= 11 is 6.13. The first-order chi connectivity index (χ1) is 14.6. The zero-order chi connectivity index (χ0) is 22.9. The predicted molar refractivity (Wildman–Crippen MR) is 120 cm³/mol. The number of hydrogen-bond donors (Lipinski definition) is 2. The van der Waals surface area contributed by atoms with Gasteiger partial charge in [0.2, 0.25) is 0 Å². The third-order valence-corrected chi connectivity index (χ3v) is 5.34. The summed E-state index contributed by atoms with van der Waals surface area (Å²) in [7, 11) is 1.69. The second kappa shape index (κ2) is 8.53. The Morgan fingerprint density at radius 1 is 1.32 bits per heavy atom. The third kappa shape index (κ3) is 4.63. The fourth-order valence-corrected chi connectivity index (χ4v) is 3.52. The molecule has 0 aliphatic rings. The Morgan fingerprint density at radius 2 is 2.03 bits per heavy atom.